The van der Waals surface area contributed by atoms with Crippen LogP contribution in [0.25, 0.3) is 0 Å². The highest BCUT2D eigenvalue weighted by molar-refractivity contribution is 7.92. The summed E-state index contributed by atoms with van der Waals surface area (Å²) in [6.45, 7) is 0. The number of nitrogens with one attached hydrogen (secondary N) is 2. The molecule has 0 radical (unpaired) electrons. The van der Waals surface area contributed by atoms with E-state index < -0.39 is 10.0 Å². The van der Waals surface area contributed by atoms with E-state index in [9.17, 15) is 13.2 Å². The summed E-state index contributed by atoms with van der Waals surface area (Å²) in [6, 6.07) is 10.6. The van der Waals surface area contributed by atoms with Crippen LogP contribution in [0.1, 0.15) is 23.2 Å². The highest BCUT2D eigenvalue weighted by atomic mass is 35.5. The average molecular weight is 385 g/mol. The third-order valence-corrected chi connectivity index (χ3v) is 5.26. The predicted octanol–water partition coefficient (Wildman–Crippen LogP) is 3.69. The third-order valence-electron chi connectivity index (χ3n) is 3.47. The molecule has 0 unspecified atom stereocenters. The molecule has 24 heavy (non-hydrogen) atoms. The normalized spacial score (nSPS) is 14.2. The molecule has 126 valence electrons. The van der Waals surface area contributed by atoms with Crippen LogP contribution in [-0.4, -0.2) is 20.4 Å². The largest absolute Gasteiger partial charge is 0.349 e. The smallest absolute Gasteiger partial charge is 0.262 e. The Hall–Kier alpha value is -1.76. The Morgan fingerprint density at radius 1 is 1.04 bits per heavy atom. The topological polar surface area (TPSA) is 75.3 Å². The first-order valence-electron chi connectivity index (χ1n) is 7.24. The van der Waals surface area contributed by atoms with E-state index in [0.29, 0.717) is 0 Å². The number of rotatable bonds is 5. The van der Waals surface area contributed by atoms with Crippen molar-refractivity contribution in [2.75, 3.05) is 4.72 Å². The molecule has 0 aromatic heterocycles. The Morgan fingerprint density at radius 2 is 1.67 bits per heavy atom. The maximum Gasteiger partial charge on any atom is 0.262 e. The van der Waals surface area contributed by atoms with Crippen LogP contribution in [-0.2, 0) is 10.0 Å². The summed E-state index contributed by atoms with van der Waals surface area (Å²) >= 11 is 11.7. The number of halogens is 2. The first kappa shape index (κ1) is 17.1. The Balaban J connectivity index is 1.91. The van der Waals surface area contributed by atoms with Gasteiger partial charge in [0.2, 0.25) is 0 Å². The molecule has 1 aliphatic carbocycles. The molecule has 1 aliphatic rings. The lowest BCUT2D eigenvalue weighted by Gasteiger charge is -2.13. The summed E-state index contributed by atoms with van der Waals surface area (Å²) in [5.41, 5.74) is 0.466. The van der Waals surface area contributed by atoms with Gasteiger partial charge < -0.3 is 5.32 Å². The second-order valence-corrected chi connectivity index (χ2v) is 8.06. The summed E-state index contributed by atoms with van der Waals surface area (Å²) in [5, 5.41) is 3.26. The summed E-state index contributed by atoms with van der Waals surface area (Å²) in [4.78, 5) is 12.2. The molecule has 1 amide bonds. The van der Waals surface area contributed by atoms with Gasteiger partial charge in [-0.15, -0.1) is 0 Å². The van der Waals surface area contributed by atoms with Crippen LogP contribution < -0.4 is 10.0 Å². The van der Waals surface area contributed by atoms with Crippen LogP contribution >= 0.6 is 23.2 Å². The van der Waals surface area contributed by atoms with Gasteiger partial charge in [0.05, 0.1) is 16.1 Å². The number of sulfonamides is 1. The van der Waals surface area contributed by atoms with Gasteiger partial charge in [-0.1, -0.05) is 35.3 Å². The van der Waals surface area contributed by atoms with Crippen LogP contribution in [0.3, 0.4) is 0 Å². The summed E-state index contributed by atoms with van der Waals surface area (Å²) in [7, 11) is -3.93. The SMILES string of the molecule is O=C(NC1CC1)c1ccccc1NS(=O)(=O)c1cc(Cl)cc(Cl)c1. The zero-order valence-corrected chi connectivity index (χ0v) is 14.8. The van der Waals surface area contributed by atoms with Crippen molar-refractivity contribution in [2.24, 2.45) is 0 Å². The number of benzene rings is 2. The van der Waals surface area contributed by atoms with Gasteiger partial charge >= 0.3 is 0 Å². The van der Waals surface area contributed by atoms with Gasteiger partial charge in [-0.25, -0.2) is 8.42 Å². The third kappa shape index (κ3) is 4.01. The van der Waals surface area contributed by atoms with Crippen molar-refractivity contribution < 1.29 is 13.2 Å². The fourth-order valence-corrected chi connectivity index (χ4v) is 3.95. The molecule has 1 fully saturated rings. The van der Waals surface area contributed by atoms with Gasteiger partial charge in [-0.3, -0.25) is 9.52 Å². The van der Waals surface area contributed by atoms with Crippen molar-refractivity contribution in [3.05, 3.63) is 58.1 Å². The fourth-order valence-electron chi connectivity index (χ4n) is 2.15. The number of para-hydroxylation sites is 1. The standard InChI is InChI=1S/C16H14Cl2N2O3S/c17-10-7-11(18)9-13(8-10)24(22,23)20-15-4-2-1-3-14(15)16(21)19-12-5-6-12/h1-4,7-9,12,20H,5-6H2,(H,19,21). The molecular weight excluding hydrogens is 371 g/mol. The minimum absolute atomic E-state index is 0.0718. The van der Waals surface area contributed by atoms with Crippen molar-refractivity contribution in [1.82, 2.24) is 5.32 Å². The molecule has 2 N–H and O–H groups in total. The van der Waals surface area contributed by atoms with Crippen LogP contribution in [0.2, 0.25) is 10.0 Å². The van der Waals surface area contributed by atoms with E-state index in [2.05, 4.69) is 10.0 Å². The first-order chi connectivity index (χ1) is 11.3. The quantitative estimate of drug-likeness (QED) is 0.825. The molecule has 0 spiro atoms. The number of hydrogen-bond acceptors (Lipinski definition) is 3. The van der Waals surface area contributed by atoms with Crippen LogP contribution in [0.15, 0.2) is 47.4 Å². The van der Waals surface area contributed by atoms with Crippen molar-refractivity contribution in [3.8, 4) is 0 Å². The summed E-state index contributed by atoms with van der Waals surface area (Å²) < 4.78 is 27.5. The Morgan fingerprint density at radius 3 is 2.29 bits per heavy atom. The molecule has 5 nitrogen and oxygen atoms in total. The zero-order valence-electron chi connectivity index (χ0n) is 12.4. The molecule has 3 rings (SSSR count). The Bertz CT molecular complexity index is 876. The van der Waals surface area contributed by atoms with E-state index in [-0.39, 0.29) is 38.1 Å². The molecule has 1 saturated carbocycles. The monoisotopic (exact) mass is 384 g/mol. The molecule has 8 heteroatoms. The van der Waals surface area contributed by atoms with Crippen molar-refractivity contribution in [1.29, 1.82) is 0 Å². The summed E-state index contributed by atoms with van der Waals surface area (Å²) in [6.07, 6.45) is 1.89. The van der Waals surface area contributed by atoms with Crippen LogP contribution in [0, 0.1) is 0 Å². The van der Waals surface area contributed by atoms with E-state index in [4.69, 9.17) is 23.2 Å². The predicted molar refractivity (Wildman–Crippen MR) is 94.2 cm³/mol. The molecule has 2 aromatic rings. The maximum atomic E-state index is 12.6. The second kappa shape index (κ2) is 6.63. The van der Waals surface area contributed by atoms with E-state index in [1.807, 2.05) is 0 Å². The fraction of sp³-hybridized carbons (Fsp3) is 0.188. The molecule has 0 saturated heterocycles. The van der Waals surface area contributed by atoms with Gasteiger partial charge in [0.1, 0.15) is 0 Å². The molecule has 0 atom stereocenters. The van der Waals surface area contributed by atoms with Crippen molar-refractivity contribution in [3.63, 3.8) is 0 Å². The van der Waals surface area contributed by atoms with Crippen LogP contribution in [0.5, 0.6) is 0 Å². The number of carbonyl (C=O) groups excluding carboxylic acids is 1. The first-order valence-corrected chi connectivity index (χ1v) is 9.48. The number of carbonyl (C=O) groups is 1. The second-order valence-electron chi connectivity index (χ2n) is 5.50. The molecule has 0 aliphatic heterocycles. The Kier molecular flexibility index (Phi) is 4.71. The zero-order chi connectivity index (χ0) is 17.3. The lowest BCUT2D eigenvalue weighted by atomic mass is 10.1. The van der Waals surface area contributed by atoms with Crippen molar-refractivity contribution in [2.45, 2.75) is 23.8 Å². The highest BCUT2D eigenvalue weighted by Crippen LogP contribution is 2.26. The molecule has 0 bridgehead atoms. The lowest BCUT2D eigenvalue weighted by molar-refractivity contribution is 0.0952. The van der Waals surface area contributed by atoms with E-state index in [1.165, 1.54) is 24.3 Å². The van der Waals surface area contributed by atoms with Gasteiger partial charge in [0, 0.05) is 16.1 Å². The molecular formula is C16H14Cl2N2O3S. The summed E-state index contributed by atoms with van der Waals surface area (Å²) in [5.74, 6) is -0.306. The van der Waals surface area contributed by atoms with E-state index in [0.717, 1.165) is 12.8 Å². The lowest BCUT2D eigenvalue weighted by Crippen LogP contribution is -2.27. The molecule has 2 aromatic carbocycles. The average Bonchev–Trinajstić information content (AvgIpc) is 3.30. The van der Waals surface area contributed by atoms with Gasteiger partial charge in [-0.05, 0) is 43.2 Å². The van der Waals surface area contributed by atoms with Gasteiger partial charge in [0.15, 0.2) is 0 Å². The van der Waals surface area contributed by atoms with Crippen LogP contribution in [0.4, 0.5) is 5.69 Å². The van der Waals surface area contributed by atoms with Gasteiger partial charge in [0.25, 0.3) is 15.9 Å². The molecule has 0 heterocycles. The number of anilines is 1. The van der Waals surface area contributed by atoms with E-state index >= 15 is 0 Å². The highest BCUT2D eigenvalue weighted by Gasteiger charge is 2.26. The van der Waals surface area contributed by atoms with Crippen molar-refractivity contribution >= 4 is 44.8 Å². The number of amides is 1. The van der Waals surface area contributed by atoms with Gasteiger partial charge in [-0.2, -0.15) is 0 Å². The minimum Gasteiger partial charge on any atom is -0.349 e. The Labute approximate surface area is 150 Å². The number of hydrogen-bond donors (Lipinski definition) is 2. The maximum absolute atomic E-state index is 12.6. The van der Waals surface area contributed by atoms with E-state index in [1.54, 1.807) is 18.2 Å². The minimum atomic E-state index is -3.93.